The highest BCUT2D eigenvalue weighted by molar-refractivity contribution is 5.87. The first-order valence-corrected chi connectivity index (χ1v) is 46.2. The Bertz CT molecular complexity index is 7250. The van der Waals surface area contributed by atoms with Crippen molar-refractivity contribution in [2.24, 2.45) is 51.9 Å². The topological polar surface area (TPSA) is 313 Å². The molecule has 0 aliphatic heterocycles. The van der Waals surface area contributed by atoms with Crippen LogP contribution in [-0.4, -0.2) is 129 Å². The zero-order valence-electron chi connectivity index (χ0n) is 81.9. The van der Waals surface area contributed by atoms with E-state index in [1.807, 2.05) is 61.6 Å². The first-order chi connectivity index (χ1) is 69.7. The molecule has 8 atom stereocenters. The van der Waals surface area contributed by atoms with E-state index in [9.17, 15) is 99.8 Å². The van der Waals surface area contributed by atoms with Gasteiger partial charge in [0, 0.05) is 136 Å². The number of benzene rings is 8. The third kappa shape index (κ3) is 26.6. The van der Waals surface area contributed by atoms with Gasteiger partial charge in [-0.15, -0.1) is 0 Å². The van der Waals surface area contributed by atoms with Crippen LogP contribution < -0.4 is 62.5 Å². The molecule has 0 saturated carbocycles. The Hall–Kier alpha value is -16.5. The lowest BCUT2D eigenvalue weighted by molar-refractivity contribution is -0.175. The van der Waals surface area contributed by atoms with Crippen LogP contribution >= 0.6 is 0 Å². The van der Waals surface area contributed by atoms with Gasteiger partial charge in [0.2, 0.25) is 22.2 Å². The van der Waals surface area contributed by atoms with Gasteiger partial charge in [-0.2, -0.15) is 64.3 Å². The Morgan fingerprint density at radius 1 is 0.284 bits per heavy atom. The van der Waals surface area contributed by atoms with E-state index in [-0.39, 0.29) is 56.7 Å². The highest BCUT2D eigenvalue weighted by Crippen LogP contribution is 2.40. The molecule has 28 nitrogen and oxygen atoms in total. The van der Waals surface area contributed by atoms with Gasteiger partial charge in [0.1, 0.15) is 70.7 Å². The largest absolute Gasteiger partial charge is 0.484 e. The number of carbonyl (C=O) groups excluding carboxylic acids is 4. The number of carbonyl (C=O) groups is 4. The number of ether oxygens (including phenoxy) is 4. The van der Waals surface area contributed by atoms with Crippen LogP contribution in [0.4, 0.5) is 61.5 Å². The van der Waals surface area contributed by atoms with Crippen molar-refractivity contribution >= 4 is 67.2 Å². The van der Waals surface area contributed by atoms with Crippen molar-refractivity contribution in [1.29, 1.82) is 0 Å². The van der Waals surface area contributed by atoms with Gasteiger partial charge in [-0.3, -0.25) is 38.4 Å². The van der Waals surface area contributed by atoms with Crippen LogP contribution in [0.1, 0.15) is 116 Å². The standard InChI is InChI=1S/C27H26F4N4O3.C27H28F2N4O3.C26H23F5N4O3.C26H25F3N4O3/c1-15(2)24(33-26(37)27(3,30)31)25(16-9-18(28)12-19(29)10-16)38-21-6-7-22-17(11-21)13-32-35(22)20-5-8-23(36)34(4)14-20;1-17(2)24(31-26(35)27(3,28)29)25(18-8-6-5-7-9-18)36-21-11-12-22-19(14-21)15-30-33(22)20-10-13-23(34)32(4)16-20;1-14(2)23(33-25(37)26(29,30)31)24(15-8-17(27)11-18(28)9-15)38-20-5-6-21-16(10-20)12-32-35(21)19-4-7-22(36)34(3)13-19;1-16(2)23(31-25(35)26(27,28)29)24(17-7-5-4-6-8-17)36-20-10-11-21-18(13-20)14-30-33(21)19-9-12-22(34)32(3)15-19/h5-15,24-25H,1-4H3,(H,33,37);5-17,24-25H,1-4H3,(H,31,35);4-14,23-24H,1-3H3,(H,33,37);4-16,23-24H,1-3H3,(H,31,35)/t2*24-,25+;2*23-,24+/m0000/s1. The van der Waals surface area contributed by atoms with E-state index < -0.39 is 132 Å². The Morgan fingerprint density at radius 2 is 0.500 bits per heavy atom. The SMILES string of the molecule is CC(C)[C@H](NC(=O)C(C)(F)F)[C@H](Oc1ccc2c(cnn2-c2ccc(=O)n(C)c2)c1)c1cc(F)cc(F)c1.CC(C)[C@H](NC(=O)C(C)(F)F)[C@H](Oc1ccc2c(cnn2-c2ccc(=O)n(C)c2)c1)c1ccccc1.CC(C)[C@H](NC(=O)C(F)(F)F)[C@H](Oc1ccc2c(cnn2-c2ccc(=O)n(C)c2)c1)c1cc(F)cc(F)c1.CC(C)[C@H](NC(=O)C(F)(F)F)[C@H](Oc1ccc2c(cnn2-c2ccc(=O)n(C)c2)c1)c1ccccc1. The molecule has 0 fully saturated rings. The molecule has 4 N–H and O–H groups in total. The summed E-state index contributed by atoms with van der Waals surface area (Å²) in [6, 6.07) is 51.9. The van der Waals surface area contributed by atoms with Crippen LogP contribution in [-0.2, 0) is 47.4 Å². The molecule has 16 rings (SSSR count). The third-order valence-corrected chi connectivity index (χ3v) is 23.8. The van der Waals surface area contributed by atoms with Crippen molar-refractivity contribution in [2.45, 2.75) is 142 Å². The molecule has 8 aromatic carbocycles. The van der Waals surface area contributed by atoms with Crippen LogP contribution in [0.5, 0.6) is 23.0 Å². The van der Waals surface area contributed by atoms with Crippen molar-refractivity contribution in [3.8, 4) is 45.7 Å². The fourth-order valence-electron chi connectivity index (χ4n) is 16.1. The van der Waals surface area contributed by atoms with Crippen LogP contribution in [0.15, 0.2) is 287 Å². The molecule has 8 aromatic heterocycles. The summed E-state index contributed by atoms with van der Waals surface area (Å²) in [6.45, 7) is 14.6. The molecule has 4 amide bonds. The van der Waals surface area contributed by atoms with Crippen molar-refractivity contribution in [3.05, 3.63) is 355 Å². The van der Waals surface area contributed by atoms with Gasteiger partial charge < -0.3 is 58.5 Å². The molecule has 0 aliphatic carbocycles. The molecular formula is C106H102F14N16O12. The van der Waals surface area contributed by atoms with Crippen molar-refractivity contribution in [3.63, 3.8) is 0 Å². The lowest BCUT2D eigenvalue weighted by atomic mass is 9.92. The summed E-state index contributed by atoms with van der Waals surface area (Å²) in [6.07, 6.45) is -1.34. The highest BCUT2D eigenvalue weighted by Gasteiger charge is 2.46. The number of hydrogen-bond donors (Lipinski definition) is 4. The maximum atomic E-state index is 14.1. The summed E-state index contributed by atoms with van der Waals surface area (Å²) in [7, 11) is 6.54. The van der Waals surface area contributed by atoms with E-state index in [0.717, 1.165) is 57.3 Å². The fraction of sp³-hybridized carbons (Fsp3) is 0.283. The molecule has 0 saturated heterocycles. The van der Waals surface area contributed by atoms with E-state index >= 15 is 0 Å². The normalized spacial score (nSPS) is 13.5. The Balaban J connectivity index is 0.000000165. The third-order valence-electron chi connectivity index (χ3n) is 23.8. The molecule has 16 aromatic rings. The monoisotopic (exact) mass is 2060 g/mol. The number of nitrogens with one attached hydrogen (secondary N) is 4. The zero-order valence-corrected chi connectivity index (χ0v) is 81.9. The predicted molar refractivity (Wildman–Crippen MR) is 525 cm³/mol. The fourth-order valence-corrected chi connectivity index (χ4v) is 16.1. The number of hydrogen-bond acceptors (Lipinski definition) is 16. The molecular weight excluding hydrogens is 1960 g/mol. The number of halogens is 14. The van der Waals surface area contributed by atoms with Crippen LogP contribution in [0.2, 0.25) is 0 Å². The number of aromatic nitrogens is 12. The minimum absolute atomic E-state index is 0.0296. The molecule has 148 heavy (non-hydrogen) atoms. The van der Waals surface area contributed by atoms with Crippen LogP contribution in [0.25, 0.3) is 66.4 Å². The van der Waals surface area contributed by atoms with Gasteiger partial charge in [-0.1, -0.05) is 116 Å². The summed E-state index contributed by atoms with van der Waals surface area (Å²) >= 11 is 0. The molecule has 0 spiro atoms. The average Bonchev–Trinajstić information content (AvgIpc) is 1.64. The summed E-state index contributed by atoms with van der Waals surface area (Å²) in [5.41, 5.74) is 6.22. The summed E-state index contributed by atoms with van der Waals surface area (Å²) < 4.78 is 227. The number of alkyl halides is 10. The van der Waals surface area contributed by atoms with Gasteiger partial charge in [0.05, 0.1) is 93.8 Å². The zero-order chi connectivity index (χ0) is 108. The number of amides is 4. The van der Waals surface area contributed by atoms with Gasteiger partial charge in [-0.25, -0.2) is 36.3 Å². The molecule has 0 bridgehead atoms. The van der Waals surface area contributed by atoms with E-state index in [2.05, 4.69) is 36.3 Å². The van der Waals surface area contributed by atoms with Crippen LogP contribution in [0, 0.1) is 46.9 Å². The van der Waals surface area contributed by atoms with Crippen molar-refractivity contribution in [1.82, 2.24) is 78.7 Å². The lowest BCUT2D eigenvalue weighted by Crippen LogP contribution is -2.49. The second-order valence-electron chi connectivity index (χ2n) is 36.6. The first-order valence-electron chi connectivity index (χ1n) is 46.2. The average molecular weight is 2060 g/mol. The minimum atomic E-state index is -5.17. The van der Waals surface area contributed by atoms with Crippen molar-refractivity contribution < 1.29 is 99.6 Å². The molecule has 0 radical (unpaired) electrons. The maximum Gasteiger partial charge on any atom is 0.471 e. The number of aryl methyl sites for hydroxylation is 4. The summed E-state index contributed by atoms with van der Waals surface area (Å²) in [4.78, 5) is 94.8. The lowest BCUT2D eigenvalue weighted by Gasteiger charge is -2.32. The summed E-state index contributed by atoms with van der Waals surface area (Å²) in [5.74, 6) is -18.2. The number of rotatable bonds is 30. The Morgan fingerprint density at radius 3 is 0.703 bits per heavy atom. The number of nitrogens with zero attached hydrogens (tertiary/aromatic N) is 12. The number of fused-ring (bicyclic) bond motifs is 4. The van der Waals surface area contributed by atoms with Gasteiger partial charge in [0.25, 0.3) is 11.8 Å². The first kappa shape index (κ1) is 109. The molecule has 42 heteroatoms. The van der Waals surface area contributed by atoms with E-state index in [1.165, 1.54) is 54.8 Å². The Kier molecular flexibility index (Phi) is 33.4. The highest BCUT2D eigenvalue weighted by atomic mass is 19.4. The second kappa shape index (κ2) is 45.4. The van der Waals surface area contributed by atoms with E-state index in [4.69, 9.17) is 18.9 Å². The van der Waals surface area contributed by atoms with Crippen molar-refractivity contribution in [2.75, 3.05) is 0 Å². The van der Waals surface area contributed by atoms with Gasteiger partial charge in [-0.05, 0) is 156 Å². The Labute approximate surface area is 836 Å². The molecule has 0 aliphatic rings. The quantitative estimate of drug-likeness (QED) is 0.0304. The van der Waals surface area contributed by atoms with Gasteiger partial charge in [0.15, 0.2) is 0 Å². The second-order valence-corrected chi connectivity index (χ2v) is 36.6. The van der Waals surface area contributed by atoms with E-state index in [0.29, 0.717) is 81.9 Å². The minimum Gasteiger partial charge on any atom is -0.484 e. The summed E-state index contributed by atoms with van der Waals surface area (Å²) in [5, 5.41) is 29.1. The molecule has 776 valence electrons. The molecule has 8 heterocycles. The van der Waals surface area contributed by atoms with Crippen LogP contribution in [0.3, 0.4) is 0 Å². The smallest absolute Gasteiger partial charge is 0.471 e. The van der Waals surface area contributed by atoms with E-state index in [1.54, 1.807) is 241 Å². The maximum absolute atomic E-state index is 14.1. The number of pyridine rings is 4. The predicted octanol–water partition coefficient (Wildman–Crippen LogP) is 18.9. The molecule has 0 unspecified atom stereocenters. The van der Waals surface area contributed by atoms with Gasteiger partial charge >= 0.3 is 36.0 Å².